The molecule has 1 amide bonds. The largest absolute Gasteiger partial charge is 0.325 e. The minimum Gasteiger partial charge on any atom is -0.325 e. The van der Waals surface area contributed by atoms with Crippen LogP contribution in [0.5, 0.6) is 0 Å². The molecule has 1 aliphatic rings. The standard InChI is InChI=1S/C15H22N2O3S/c1-11-10-12(17-8-5-9-21(17,19)20)6-7-13(11)16-14(18)15(2,3)4/h6-7,10H,5,8-9H2,1-4H3,(H,16,18). The van der Waals surface area contributed by atoms with Crippen LogP contribution in [-0.4, -0.2) is 26.6 Å². The summed E-state index contributed by atoms with van der Waals surface area (Å²) in [6.45, 7) is 7.94. The monoisotopic (exact) mass is 310 g/mol. The van der Waals surface area contributed by atoms with E-state index in [4.69, 9.17) is 0 Å². The second-order valence-corrected chi connectivity index (χ2v) is 8.46. The number of anilines is 2. The molecule has 1 aromatic carbocycles. The Bertz CT molecular complexity index is 660. The summed E-state index contributed by atoms with van der Waals surface area (Å²) < 4.78 is 25.3. The lowest BCUT2D eigenvalue weighted by Gasteiger charge is -2.21. The van der Waals surface area contributed by atoms with Crippen LogP contribution in [0.4, 0.5) is 11.4 Å². The normalized spacial score (nSPS) is 17.8. The fourth-order valence-electron chi connectivity index (χ4n) is 2.18. The Morgan fingerprint density at radius 1 is 1.29 bits per heavy atom. The lowest BCUT2D eigenvalue weighted by Crippen LogP contribution is -2.28. The van der Waals surface area contributed by atoms with Gasteiger partial charge in [0.1, 0.15) is 0 Å². The molecule has 1 aromatic rings. The molecule has 0 atom stereocenters. The van der Waals surface area contributed by atoms with Gasteiger partial charge in [-0.2, -0.15) is 0 Å². The van der Waals surface area contributed by atoms with E-state index in [9.17, 15) is 13.2 Å². The highest BCUT2D eigenvalue weighted by Gasteiger charge is 2.28. The molecule has 116 valence electrons. The molecule has 0 aliphatic carbocycles. The van der Waals surface area contributed by atoms with Crippen LogP contribution in [0.15, 0.2) is 18.2 Å². The van der Waals surface area contributed by atoms with Gasteiger partial charge < -0.3 is 5.32 Å². The number of nitrogens with zero attached hydrogens (tertiary/aromatic N) is 1. The van der Waals surface area contributed by atoms with Gasteiger partial charge in [0.15, 0.2) is 0 Å². The number of rotatable bonds is 2. The van der Waals surface area contributed by atoms with Gasteiger partial charge in [-0.3, -0.25) is 9.10 Å². The van der Waals surface area contributed by atoms with E-state index in [2.05, 4.69) is 5.32 Å². The molecule has 1 aliphatic heterocycles. The maximum absolute atomic E-state index is 12.0. The van der Waals surface area contributed by atoms with Crippen molar-refractivity contribution in [1.82, 2.24) is 0 Å². The molecule has 1 heterocycles. The van der Waals surface area contributed by atoms with Crippen LogP contribution < -0.4 is 9.62 Å². The number of carbonyl (C=O) groups excluding carboxylic acids is 1. The van der Waals surface area contributed by atoms with E-state index in [-0.39, 0.29) is 11.7 Å². The summed E-state index contributed by atoms with van der Waals surface area (Å²) in [6, 6.07) is 5.32. The Kier molecular flexibility index (Phi) is 4.02. The first-order chi connectivity index (χ1) is 9.61. The third kappa shape index (κ3) is 3.37. The maximum atomic E-state index is 12.0. The van der Waals surface area contributed by atoms with Crippen molar-refractivity contribution in [2.24, 2.45) is 5.41 Å². The summed E-state index contributed by atoms with van der Waals surface area (Å²) in [6.07, 6.45) is 0.657. The van der Waals surface area contributed by atoms with Crippen LogP contribution in [0.2, 0.25) is 0 Å². The smallest absolute Gasteiger partial charge is 0.235 e. The number of sulfonamides is 1. The fourth-order valence-corrected chi connectivity index (χ4v) is 3.74. The van der Waals surface area contributed by atoms with Gasteiger partial charge in [-0.15, -0.1) is 0 Å². The van der Waals surface area contributed by atoms with Crippen molar-refractivity contribution in [2.75, 3.05) is 21.9 Å². The van der Waals surface area contributed by atoms with Crippen LogP contribution in [0.3, 0.4) is 0 Å². The number of nitrogens with one attached hydrogen (secondary N) is 1. The highest BCUT2D eigenvalue weighted by Crippen LogP contribution is 2.28. The molecule has 2 rings (SSSR count). The fraction of sp³-hybridized carbons (Fsp3) is 0.533. The first kappa shape index (κ1) is 15.8. The Morgan fingerprint density at radius 3 is 2.43 bits per heavy atom. The van der Waals surface area contributed by atoms with Crippen molar-refractivity contribution in [3.05, 3.63) is 23.8 Å². The van der Waals surface area contributed by atoms with E-state index in [1.165, 1.54) is 4.31 Å². The number of aryl methyl sites for hydroxylation is 1. The molecule has 0 bridgehead atoms. The molecule has 21 heavy (non-hydrogen) atoms. The van der Waals surface area contributed by atoms with E-state index in [1.807, 2.05) is 27.7 Å². The highest BCUT2D eigenvalue weighted by atomic mass is 32.2. The van der Waals surface area contributed by atoms with Gasteiger partial charge in [0.2, 0.25) is 15.9 Å². The molecule has 1 saturated heterocycles. The molecule has 0 aromatic heterocycles. The van der Waals surface area contributed by atoms with Crippen LogP contribution in [0.25, 0.3) is 0 Å². The van der Waals surface area contributed by atoms with Gasteiger partial charge in [-0.1, -0.05) is 20.8 Å². The minimum absolute atomic E-state index is 0.0628. The van der Waals surface area contributed by atoms with Gasteiger partial charge in [0.05, 0.1) is 11.4 Å². The summed E-state index contributed by atoms with van der Waals surface area (Å²) >= 11 is 0. The molecule has 0 spiro atoms. The van der Waals surface area contributed by atoms with Crippen molar-refractivity contribution in [3.63, 3.8) is 0 Å². The molecule has 6 heteroatoms. The van der Waals surface area contributed by atoms with Gasteiger partial charge in [0, 0.05) is 17.6 Å². The second kappa shape index (κ2) is 5.33. The van der Waals surface area contributed by atoms with E-state index < -0.39 is 15.4 Å². The quantitative estimate of drug-likeness (QED) is 0.912. The molecular formula is C15H22N2O3S. The Balaban J connectivity index is 2.24. The first-order valence-electron chi connectivity index (χ1n) is 7.04. The van der Waals surface area contributed by atoms with Gasteiger partial charge in [-0.25, -0.2) is 8.42 Å². The maximum Gasteiger partial charge on any atom is 0.235 e. The zero-order valence-electron chi connectivity index (χ0n) is 12.9. The minimum atomic E-state index is -3.17. The van der Waals surface area contributed by atoms with E-state index in [0.29, 0.717) is 18.7 Å². The molecular weight excluding hydrogens is 288 g/mol. The Morgan fingerprint density at radius 2 is 1.95 bits per heavy atom. The van der Waals surface area contributed by atoms with Gasteiger partial charge in [0.25, 0.3) is 0 Å². The average Bonchev–Trinajstić information content (AvgIpc) is 2.70. The first-order valence-corrected chi connectivity index (χ1v) is 8.65. The number of hydrogen-bond donors (Lipinski definition) is 1. The predicted molar refractivity (Wildman–Crippen MR) is 85.0 cm³/mol. The van der Waals surface area contributed by atoms with Crippen molar-refractivity contribution in [1.29, 1.82) is 0 Å². The molecule has 1 N–H and O–H groups in total. The number of carbonyl (C=O) groups is 1. The van der Waals surface area contributed by atoms with E-state index >= 15 is 0 Å². The predicted octanol–water partition coefficient (Wildman–Crippen LogP) is 2.52. The van der Waals surface area contributed by atoms with Gasteiger partial charge in [-0.05, 0) is 37.1 Å². The topological polar surface area (TPSA) is 66.5 Å². The average molecular weight is 310 g/mol. The van der Waals surface area contributed by atoms with Crippen molar-refractivity contribution in [2.45, 2.75) is 34.1 Å². The molecule has 0 radical (unpaired) electrons. The summed E-state index contributed by atoms with van der Waals surface area (Å²) in [5.41, 5.74) is 1.77. The van der Waals surface area contributed by atoms with E-state index in [1.54, 1.807) is 18.2 Å². The summed E-state index contributed by atoms with van der Waals surface area (Å²) in [5.74, 6) is 0.140. The lowest BCUT2D eigenvalue weighted by molar-refractivity contribution is -0.123. The number of amides is 1. The molecule has 0 saturated carbocycles. The van der Waals surface area contributed by atoms with Crippen LogP contribution in [0.1, 0.15) is 32.8 Å². The molecule has 5 nitrogen and oxygen atoms in total. The summed E-state index contributed by atoms with van der Waals surface area (Å²) in [5, 5.41) is 2.88. The van der Waals surface area contributed by atoms with Crippen LogP contribution in [0, 0.1) is 12.3 Å². The second-order valence-electron chi connectivity index (χ2n) is 6.45. The Labute approximate surface area is 126 Å². The molecule has 1 fully saturated rings. The van der Waals surface area contributed by atoms with Crippen molar-refractivity contribution < 1.29 is 13.2 Å². The zero-order chi connectivity index (χ0) is 15.8. The third-order valence-corrected chi connectivity index (χ3v) is 5.40. The molecule has 0 unspecified atom stereocenters. The lowest BCUT2D eigenvalue weighted by atomic mass is 9.95. The van der Waals surface area contributed by atoms with Crippen molar-refractivity contribution in [3.8, 4) is 0 Å². The number of benzene rings is 1. The summed E-state index contributed by atoms with van der Waals surface area (Å²) in [7, 11) is -3.17. The van der Waals surface area contributed by atoms with Crippen molar-refractivity contribution >= 4 is 27.3 Å². The SMILES string of the molecule is Cc1cc(N2CCCS2(=O)=O)ccc1NC(=O)C(C)(C)C. The van der Waals surface area contributed by atoms with Crippen LogP contribution >= 0.6 is 0 Å². The van der Waals surface area contributed by atoms with Gasteiger partial charge >= 0.3 is 0 Å². The zero-order valence-corrected chi connectivity index (χ0v) is 13.8. The number of hydrogen-bond acceptors (Lipinski definition) is 3. The Hall–Kier alpha value is -1.56. The summed E-state index contributed by atoms with van der Waals surface area (Å²) in [4.78, 5) is 12.0. The highest BCUT2D eigenvalue weighted by molar-refractivity contribution is 7.93. The van der Waals surface area contributed by atoms with Crippen LogP contribution in [-0.2, 0) is 14.8 Å². The van der Waals surface area contributed by atoms with E-state index in [0.717, 1.165) is 11.3 Å². The third-order valence-electron chi connectivity index (χ3n) is 3.53.